The summed E-state index contributed by atoms with van der Waals surface area (Å²) in [4.78, 5) is 0. The Morgan fingerprint density at radius 1 is 1.19 bits per heavy atom. The van der Waals surface area contributed by atoms with Gasteiger partial charge >= 0.3 is 0 Å². The number of nitrogens with zero attached hydrogens (tertiary/aromatic N) is 3. The molecule has 3 aromatic rings. The highest BCUT2D eigenvalue weighted by Crippen LogP contribution is 2.29. The highest BCUT2D eigenvalue weighted by atomic mass is 35.5. The lowest BCUT2D eigenvalue weighted by Crippen LogP contribution is -2.12. The van der Waals surface area contributed by atoms with Gasteiger partial charge in [0, 0.05) is 23.4 Å². The van der Waals surface area contributed by atoms with Crippen molar-refractivity contribution in [3.63, 3.8) is 0 Å². The van der Waals surface area contributed by atoms with Crippen molar-refractivity contribution in [1.82, 2.24) is 14.8 Å². The number of ether oxygens (including phenoxy) is 1. The molecule has 142 valence electrons. The summed E-state index contributed by atoms with van der Waals surface area (Å²) in [6.07, 6.45) is -0.549. The van der Waals surface area contributed by atoms with Crippen LogP contribution in [-0.4, -0.2) is 14.8 Å². The molecule has 0 aliphatic heterocycles. The first-order chi connectivity index (χ1) is 13.0. The predicted molar refractivity (Wildman–Crippen MR) is 102 cm³/mol. The zero-order valence-corrected chi connectivity index (χ0v) is 16.4. The average Bonchev–Trinajstić information content (AvgIpc) is 3.06. The number of aromatic nitrogens is 3. The summed E-state index contributed by atoms with van der Waals surface area (Å²) < 4.78 is 34.4. The maximum absolute atomic E-state index is 13.8. The fourth-order valence-corrected chi connectivity index (χ4v) is 3.87. The van der Waals surface area contributed by atoms with Gasteiger partial charge in [0.05, 0.1) is 0 Å². The van der Waals surface area contributed by atoms with E-state index in [1.54, 1.807) is 6.92 Å². The number of thioether (sulfide) groups is 1. The number of hydrogen-bond donors (Lipinski definition) is 0. The molecular formula is C19H18ClF2N3OS. The molecule has 0 N–H and O–H groups in total. The van der Waals surface area contributed by atoms with E-state index in [1.165, 1.54) is 17.8 Å². The highest BCUT2D eigenvalue weighted by Gasteiger charge is 2.20. The van der Waals surface area contributed by atoms with E-state index in [-0.39, 0.29) is 5.75 Å². The molecule has 1 aromatic heterocycles. The maximum Gasteiger partial charge on any atom is 0.191 e. The van der Waals surface area contributed by atoms with Crippen molar-refractivity contribution < 1.29 is 13.5 Å². The fraction of sp³-hybridized carbons (Fsp3) is 0.263. The van der Waals surface area contributed by atoms with Crippen molar-refractivity contribution in [1.29, 1.82) is 0 Å². The molecule has 0 saturated heterocycles. The quantitative estimate of drug-likeness (QED) is 0.472. The van der Waals surface area contributed by atoms with Crippen LogP contribution in [0.1, 0.15) is 31.3 Å². The van der Waals surface area contributed by atoms with E-state index in [2.05, 4.69) is 10.2 Å². The summed E-state index contributed by atoms with van der Waals surface area (Å²) in [6.45, 7) is 4.35. The molecule has 0 amide bonds. The molecular weight excluding hydrogens is 392 g/mol. The SMILES string of the molecule is CCn1c(SCc2ccccc2Cl)nnc1C(C)Oc1ccc(F)cc1F. The Hall–Kier alpha value is -2.12. The summed E-state index contributed by atoms with van der Waals surface area (Å²) in [5.74, 6) is -0.206. The Morgan fingerprint density at radius 2 is 1.96 bits per heavy atom. The molecule has 0 spiro atoms. The molecule has 0 fully saturated rings. The molecule has 0 aliphatic rings. The van der Waals surface area contributed by atoms with Crippen molar-refractivity contribution in [2.75, 3.05) is 0 Å². The van der Waals surface area contributed by atoms with Crippen LogP contribution in [0.2, 0.25) is 5.02 Å². The topological polar surface area (TPSA) is 39.9 Å². The minimum atomic E-state index is -0.752. The van der Waals surface area contributed by atoms with E-state index in [4.69, 9.17) is 16.3 Å². The van der Waals surface area contributed by atoms with E-state index < -0.39 is 17.7 Å². The van der Waals surface area contributed by atoms with E-state index in [0.29, 0.717) is 23.1 Å². The molecule has 1 heterocycles. The van der Waals surface area contributed by atoms with E-state index >= 15 is 0 Å². The average molecular weight is 410 g/mol. The van der Waals surface area contributed by atoms with Crippen LogP contribution in [-0.2, 0) is 12.3 Å². The third kappa shape index (κ3) is 4.59. The lowest BCUT2D eigenvalue weighted by Gasteiger charge is -2.16. The molecule has 0 radical (unpaired) electrons. The predicted octanol–water partition coefficient (Wildman–Crippen LogP) is 5.66. The summed E-state index contributed by atoms with van der Waals surface area (Å²) in [5, 5.41) is 9.86. The van der Waals surface area contributed by atoms with Crippen LogP contribution in [0, 0.1) is 11.6 Å². The van der Waals surface area contributed by atoms with Gasteiger partial charge in [0.15, 0.2) is 28.7 Å². The second-order valence-corrected chi connectivity index (χ2v) is 7.15. The van der Waals surface area contributed by atoms with Crippen LogP contribution in [0.25, 0.3) is 0 Å². The Balaban J connectivity index is 1.75. The van der Waals surface area contributed by atoms with Crippen LogP contribution in [0.5, 0.6) is 5.75 Å². The van der Waals surface area contributed by atoms with E-state index in [0.717, 1.165) is 22.9 Å². The summed E-state index contributed by atoms with van der Waals surface area (Å²) >= 11 is 7.71. The van der Waals surface area contributed by atoms with Gasteiger partial charge in [-0.25, -0.2) is 8.78 Å². The van der Waals surface area contributed by atoms with Gasteiger partial charge in [-0.3, -0.25) is 0 Å². The molecule has 2 aromatic carbocycles. The van der Waals surface area contributed by atoms with Crippen molar-refractivity contribution >= 4 is 23.4 Å². The van der Waals surface area contributed by atoms with Crippen LogP contribution >= 0.6 is 23.4 Å². The lowest BCUT2D eigenvalue weighted by molar-refractivity contribution is 0.200. The maximum atomic E-state index is 13.8. The summed E-state index contributed by atoms with van der Waals surface area (Å²) in [7, 11) is 0. The molecule has 0 aliphatic carbocycles. The highest BCUT2D eigenvalue weighted by molar-refractivity contribution is 7.98. The molecule has 0 bridgehead atoms. The van der Waals surface area contributed by atoms with Gasteiger partial charge in [0.1, 0.15) is 5.82 Å². The molecule has 27 heavy (non-hydrogen) atoms. The second kappa shape index (κ2) is 8.71. The second-order valence-electron chi connectivity index (χ2n) is 5.80. The Labute approximate surface area is 165 Å². The smallest absolute Gasteiger partial charge is 0.191 e. The first kappa shape index (κ1) is 19.6. The summed E-state index contributed by atoms with van der Waals surface area (Å²) in [6, 6.07) is 10.8. The molecule has 1 atom stereocenters. The van der Waals surface area contributed by atoms with Gasteiger partial charge in [-0.1, -0.05) is 41.6 Å². The van der Waals surface area contributed by atoms with Crippen molar-refractivity contribution in [3.8, 4) is 5.75 Å². The van der Waals surface area contributed by atoms with Gasteiger partial charge in [-0.15, -0.1) is 10.2 Å². The molecule has 3 rings (SSSR count). The fourth-order valence-electron chi connectivity index (χ4n) is 2.58. The third-order valence-electron chi connectivity index (χ3n) is 3.94. The first-order valence-electron chi connectivity index (χ1n) is 8.40. The Bertz CT molecular complexity index is 935. The molecule has 1 unspecified atom stereocenters. The number of benzene rings is 2. The normalized spacial score (nSPS) is 12.2. The van der Waals surface area contributed by atoms with E-state index in [9.17, 15) is 8.78 Å². The number of hydrogen-bond acceptors (Lipinski definition) is 4. The zero-order chi connectivity index (χ0) is 19.4. The molecule has 0 saturated carbocycles. The number of halogens is 3. The largest absolute Gasteiger partial charge is 0.480 e. The Kier molecular flexibility index (Phi) is 6.34. The zero-order valence-electron chi connectivity index (χ0n) is 14.8. The van der Waals surface area contributed by atoms with Crippen LogP contribution in [0.3, 0.4) is 0 Å². The van der Waals surface area contributed by atoms with Gasteiger partial charge < -0.3 is 9.30 Å². The van der Waals surface area contributed by atoms with E-state index in [1.807, 2.05) is 35.8 Å². The first-order valence-corrected chi connectivity index (χ1v) is 9.77. The minimum absolute atomic E-state index is 0.0279. The Morgan fingerprint density at radius 3 is 2.67 bits per heavy atom. The number of rotatable bonds is 7. The molecule has 4 nitrogen and oxygen atoms in total. The van der Waals surface area contributed by atoms with Gasteiger partial charge in [-0.2, -0.15) is 0 Å². The van der Waals surface area contributed by atoms with Crippen molar-refractivity contribution in [3.05, 3.63) is 70.5 Å². The lowest BCUT2D eigenvalue weighted by atomic mass is 10.2. The van der Waals surface area contributed by atoms with Crippen LogP contribution in [0.4, 0.5) is 8.78 Å². The standard InChI is InChI=1S/C19H18ClF2N3OS/c1-3-25-18(12(2)26-17-9-8-14(21)10-16(17)22)23-24-19(25)27-11-13-6-4-5-7-15(13)20/h4-10,12H,3,11H2,1-2H3. The van der Waals surface area contributed by atoms with Crippen LogP contribution in [0.15, 0.2) is 47.6 Å². The van der Waals surface area contributed by atoms with Crippen LogP contribution < -0.4 is 4.74 Å². The summed E-state index contributed by atoms with van der Waals surface area (Å²) in [5.41, 5.74) is 1.01. The third-order valence-corrected chi connectivity index (χ3v) is 5.32. The van der Waals surface area contributed by atoms with Gasteiger partial charge in [-0.05, 0) is 37.6 Å². The van der Waals surface area contributed by atoms with Gasteiger partial charge in [0.25, 0.3) is 0 Å². The molecule has 8 heteroatoms. The van der Waals surface area contributed by atoms with Gasteiger partial charge in [0.2, 0.25) is 0 Å². The van der Waals surface area contributed by atoms with Crippen molar-refractivity contribution in [2.24, 2.45) is 0 Å². The minimum Gasteiger partial charge on any atom is -0.480 e. The monoisotopic (exact) mass is 409 g/mol. The van der Waals surface area contributed by atoms with Crippen molar-refractivity contribution in [2.45, 2.75) is 37.4 Å².